The fourth-order valence-corrected chi connectivity index (χ4v) is 2.69. The van der Waals surface area contributed by atoms with Crippen molar-refractivity contribution in [2.45, 2.75) is 13.0 Å². The van der Waals surface area contributed by atoms with Gasteiger partial charge in [0.1, 0.15) is 0 Å². The van der Waals surface area contributed by atoms with Gasteiger partial charge in [0.25, 0.3) is 0 Å². The number of hydrogen-bond donors (Lipinski definition) is 0. The molecule has 1 atom stereocenters. The second-order valence-electron chi connectivity index (χ2n) is 3.45. The van der Waals surface area contributed by atoms with E-state index in [4.69, 9.17) is 23.2 Å². The van der Waals surface area contributed by atoms with Crippen LogP contribution in [0.3, 0.4) is 0 Å². The Morgan fingerprint density at radius 1 is 1.31 bits per heavy atom. The Kier molecular flexibility index (Phi) is 3.77. The van der Waals surface area contributed by atoms with Crippen molar-refractivity contribution in [2.75, 3.05) is 0 Å². The number of hydrogen-bond acceptors (Lipinski definition) is 1. The van der Waals surface area contributed by atoms with Crippen LogP contribution >= 0.6 is 45.8 Å². The van der Waals surface area contributed by atoms with Gasteiger partial charge in [0.15, 0.2) is 0 Å². The van der Waals surface area contributed by atoms with Crippen LogP contribution in [0.15, 0.2) is 30.6 Å². The van der Waals surface area contributed by atoms with Crippen molar-refractivity contribution in [1.82, 2.24) is 9.78 Å². The SMILES string of the molecule is CC(c1c(Cl)cccc1Cl)n1cc(I)cn1. The molecule has 2 rings (SSSR count). The molecule has 2 nitrogen and oxygen atoms in total. The summed E-state index contributed by atoms with van der Waals surface area (Å²) >= 11 is 14.5. The Bertz CT molecular complexity index is 490. The zero-order valence-corrected chi connectivity index (χ0v) is 12.2. The molecule has 16 heavy (non-hydrogen) atoms. The Morgan fingerprint density at radius 3 is 2.44 bits per heavy atom. The average Bonchev–Trinajstić information content (AvgIpc) is 2.64. The van der Waals surface area contributed by atoms with Crippen LogP contribution in [-0.2, 0) is 0 Å². The lowest BCUT2D eigenvalue weighted by molar-refractivity contribution is 0.564. The largest absolute Gasteiger partial charge is 0.264 e. The number of benzene rings is 1. The van der Waals surface area contributed by atoms with Gasteiger partial charge in [0.05, 0.1) is 15.8 Å². The molecule has 1 heterocycles. The number of aromatic nitrogens is 2. The standard InChI is InChI=1S/C11H9Cl2IN2/c1-7(16-6-8(14)5-15-16)11-9(12)3-2-4-10(11)13/h2-7H,1H3. The lowest BCUT2D eigenvalue weighted by atomic mass is 10.1. The normalized spacial score (nSPS) is 12.8. The minimum Gasteiger partial charge on any atom is -0.264 e. The third-order valence-electron chi connectivity index (χ3n) is 2.38. The topological polar surface area (TPSA) is 17.8 Å². The van der Waals surface area contributed by atoms with Gasteiger partial charge in [-0.05, 0) is 41.6 Å². The highest BCUT2D eigenvalue weighted by atomic mass is 127. The summed E-state index contributed by atoms with van der Waals surface area (Å²) in [6.07, 6.45) is 3.77. The number of rotatable bonds is 2. The molecular weight excluding hydrogens is 358 g/mol. The fraction of sp³-hybridized carbons (Fsp3) is 0.182. The van der Waals surface area contributed by atoms with E-state index in [9.17, 15) is 0 Å². The first-order valence-corrected chi connectivity index (χ1v) is 6.56. The molecule has 0 N–H and O–H groups in total. The minimum absolute atomic E-state index is 0.0321. The van der Waals surface area contributed by atoms with Crippen molar-refractivity contribution < 1.29 is 0 Å². The Morgan fingerprint density at radius 2 is 1.94 bits per heavy atom. The molecule has 1 unspecified atom stereocenters. The van der Waals surface area contributed by atoms with Gasteiger partial charge in [0.2, 0.25) is 0 Å². The molecule has 1 aromatic carbocycles. The number of nitrogens with zero attached hydrogens (tertiary/aromatic N) is 2. The van der Waals surface area contributed by atoms with Gasteiger partial charge in [-0.2, -0.15) is 5.10 Å². The summed E-state index contributed by atoms with van der Waals surface area (Å²) in [4.78, 5) is 0. The molecule has 0 radical (unpaired) electrons. The van der Waals surface area contributed by atoms with E-state index in [1.165, 1.54) is 0 Å². The molecule has 0 aliphatic rings. The summed E-state index contributed by atoms with van der Waals surface area (Å²) in [5, 5.41) is 5.61. The van der Waals surface area contributed by atoms with Crippen LogP contribution in [0.2, 0.25) is 10.0 Å². The smallest absolute Gasteiger partial charge is 0.0769 e. The minimum atomic E-state index is 0.0321. The van der Waals surface area contributed by atoms with Gasteiger partial charge in [-0.25, -0.2) is 0 Å². The van der Waals surface area contributed by atoms with Crippen LogP contribution in [0, 0.1) is 3.57 Å². The third kappa shape index (κ3) is 2.36. The van der Waals surface area contributed by atoms with E-state index in [-0.39, 0.29) is 6.04 Å². The predicted octanol–water partition coefficient (Wildman–Crippen LogP) is 4.40. The van der Waals surface area contributed by atoms with Crippen molar-refractivity contribution in [3.05, 3.63) is 49.8 Å². The van der Waals surface area contributed by atoms with Crippen LogP contribution < -0.4 is 0 Å². The molecule has 0 amide bonds. The molecule has 0 spiro atoms. The van der Waals surface area contributed by atoms with E-state index in [1.54, 1.807) is 0 Å². The van der Waals surface area contributed by atoms with Gasteiger partial charge in [-0.1, -0.05) is 29.3 Å². The fourth-order valence-electron chi connectivity index (χ4n) is 1.57. The maximum Gasteiger partial charge on any atom is 0.0769 e. The molecule has 0 saturated heterocycles. The van der Waals surface area contributed by atoms with Gasteiger partial charge in [-0.15, -0.1) is 0 Å². The first-order chi connectivity index (χ1) is 7.59. The average molecular weight is 367 g/mol. The summed E-state index contributed by atoms with van der Waals surface area (Å²) < 4.78 is 2.95. The molecule has 5 heteroatoms. The molecule has 1 aromatic heterocycles. The van der Waals surface area contributed by atoms with E-state index in [0.29, 0.717) is 10.0 Å². The summed E-state index contributed by atoms with van der Waals surface area (Å²) in [5.41, 5.74) is 0.908. The van der Waals surface area contributed by atoms with Gasteiger partial charge in [0, 0.05) is 21.8 Å². The first-order valence-electron chi connectivity index (χ1n) is 4.73. The molecule has 0 aliphatic carbocycles. The van der Waals surface area contributed by atoms with Gasteiger partial charge in [-0.3, -0.25) is 4.68 Å². The van der Waals surface area contributed by atoms with Gasteiger partial charge < -0.3 is 0 Å². The zero-order valence-electron chi connectivity index (χ0n) is 8.49. The highest BCUT2D eigenvalue weighted by molar-refractivity contribution is 14.1. The Hall–Kier alpha value is -0.260. The molecule has 0 saturated carbocycles. The second-order valence-corrected chi connectivity index (χ2v) is 5.51. The zero-order chi connectivity index (χ0) is 11.7. The highest BCUT2D eigenvalue weighted by Crippen LogP contribution is 2.32. The van der Waals surface area contributed by atoms with Crippen LogP contribution in [0.25, 0.3) is 0 Å². The second kappa shape index (κ2) is 4.94. The lowest BCUT2D eigenvalue weighted by Crippen LogP contribution is -2.08. The summed E-state index contributed by atoms with van der Waals surface area (Å²) in [6, 6.07) is 5.56. The Balaban J connectivity index is 2.45. The van der Waals surface area contributed by atoms with Crippen LogP contribution in [0.1, 0.15) is 18.5 Å². The van der Waals surface area contributed by atoms with E-state index in [0.717, 1.165) is 9.13 Å². The molecule has 84 valence electrons. The summed E-state index contributed by atoms with van der Waals surface area (Å²) in [7, 11) is 0. The highest BCUT2D eigenvalue weighted by Gasteiger charge is 2.15. The van der Waals surface area contributed by atoms with Crippen molar-refractivity contribution in [3.8, 4) is 0 Å². The Labute approximate surface area is 118 Å². The van der Waals surface area contributed by atoms with E-state index in [2.05, 4.69) is 27.7 Å². The molecule has 0 bridgehead atoms. The maximum absolute atomic E-state index is 6.15. The predicted molar refractivity (Wildman–Crippen MR) is 75.2 cm³/mol. The summed E-state index contributed by atoms with van der Waals surface area (Å²) in [5.74, 6) is 0. The van der Waals surface area contributed by atoms with Crippen LogP contribution in [0.4, 0.5) is 0 Å². The molecular formula is C11H9Cl2IN2. The number of halogens is 3. The summed E-state index contributed by atoms with van der Waals surface area (Å²) in [6.45, 7) is 2.02. The quantitative estimate of drug-likeness (QED) is 0.720. The van der Waals surface area contributed by atoms with Crippen LogP contribution in [0.5, 0.6) is 0 Å². The van der Waals surface area contributed by atoms with E-state index >= 15 is 0 Å². The van der Waals surface area contributed by atoms with Gasteiger partial charge >= 0.3 is 0 Å². The van der Waals surface area contributed by atoms with E-state index < -0.39 is 0 Å². The maximum atomic E-state index is 6.15. The first kappa shape index (κ1) is 12.2. The molecule has 2 aromatic rings. The molecule has 0 fully saturated rings. The third-order valence-corrected chi connectivity index (χ3v) is 3.60. The lowest BCUT2D eigenvalue weighted by Gasteiger charge is -2.15. The van der Waals surface area contributed by atoms with Crippen molar-refractivity contribution >= 4 is 45.8 Å². The van der Waals surface area contributed by atoms with E-state index in [1.807, 2.05) is 42.2 Å². The van der Waals surface area contributed by atoms with Crippen molar-refractivity contribution in [2.24, 2.45) is 0 Å². The monoisotopic (exact) mass is 366 g/mol. The molecule has 0 aliphatic heterocycles. The van der Waals surface area contributed by atoms with Crippen molar-refractivity contribution in [1.29, 1.82) is 0 Å². The van der Waals surface area contributed by atoms with Crippen molar-refractivity contribution in [3.63, 3.8) is 0 Å². The van der Waals surface area contributed by atoms with Crippen LogP contribution in [-0.4, -0.2) is 9.78 Å².